The van der Waals surface area contributed by atoms with Crippen molar-refractivity contribution in [2.75, 3.05) is 26.3 Å². The van der Waals surface area contributed by atoms with E-state index in [0.29, 0.717) is 0 Å². The summed E-state index contributed by atoms with van der Waals surface area (Å²) >= 11 is 0. The number of hydrogen-bond acceptors (Lipinski definition) is 2. The van der Waals surface area contributed by atoms with Crippen molar-refractivity contribution in [3.63, 3.8) is 0 Å². The maximum absolute atomic E-state index is 5.23. The minimum absolute atomic E-state index is 0.788. The lowest BCUT2D eigenvalue weighted by Gasteiger charge is -2.34. The maximum atomic E-state index is 5.23. The normalized spacial score (nSPS) is 43.0. The molecule has 2 atom stereocenters. The first-order valence-electron chi connectivity index (χ1n) is 5.25. The highest BCUT2D eigenvalue weighted by Crippen LogP contribution is 2.38. The molecule has 2 heteroatoms. The van der Waals surface area contributed by atoms with Crippen molar-refractivity contribution >= 4 is 0 Å². The Morgan fingerprint density at radius 1 is 1.00 bits per heavy atom. The lowest BCUT2D eigenvalue weighted by atomic mass is 10.0. The molecule has 0 aromatic heterocycles. The van der Waals surface area contributed by atoms with E-state index in [9.17, 15) is 0 Å². The second-order valence-electron chi connectivity index (χ2n) is 4.60. The van der Waals surface area contributed by atoms with Crippen LogP contribution in [0.15, 0.2) is 0 Å². The van der Waals surface area contributed by atoms with E-state index < -0.39 is 0 Å². The summed E-state index contributed by atoms with van der Waals surface area (Å²) in [4.78, 5) is 2.66. The smallest absolute Gasteiger partial charge is 0.0645 e. The molecule has 2 aliphatic heterocycles. The second-order valence-corrected chi connectivity index (χ2v) is 4.60. The van der Waals surface area contributed by atoms with E-state index in [1.54, 1.807) is 0 Å². The van der Waals surface area contributed by atoms with Gasteiger partial charge in [0.05, 0.1) is 19.3 Å². The highest BCUT2D eigenvalue weighted by atomic mass is 16.5. The molecular weight excluding hydrogens is 150 g/mol. The standard InChI is InChI=1S/C10H17NO/c1-2-8-4-11(5-9(8)3-1)10-6-12-7-10/h8-10H,1-7H2/t8-,9+. The molecule has 0 aromatic carbocycles. The Morgan fingerprint density at radius 2 is 1.67 bits per heavy atom. The first kappa shape index (κ1) is 7.34. The van der Waals surface area contributed by atoms with Crippen molar-refractivity contribution < 1.29 is 4.74 Å². The first-order chi connectivity index (χ1) is 5.93. The molecule has 0 spiro atoms. The number of nitrogens with zero attached hydrogens (tertiary/aromatic N) is 1. The van der Waals surface area contributed by atoms with Crippen molar-refractivity contribution in [3.8, 4) is 0 Å². The van der Waals surface area contributed by atoms with Crippen LogP contribution in [0.5, 0.6) is 0 Å². The SMILES string of the molecule is C1C[C@@H]2CN(C3COC3)C[C@@H]2C1. The molecule has 0 unspecified atom stereocenters. The first-order valence-corrected chi connectivity index (χ1v) is 5.25. The van der Waals surface area contributed by atoms with Crippen molar-refractivity contribution in [2.45, 2.75) is 25.3 Å². The fourth-order valence-electron chi connectivity index (χ4n) is 3.00. The van der Waals surface area contributed by atoms with Gasteiger partial charge in [-0.25, -0.2) is 0 Å². The van der Waals surface area contributed by atoms with Gasteiger partial charge in [0.2, 0.25) is 0 Å². The molecule has 0 N–H and O–H groups in total. The van der Waals surface area contributed by atoms with E-state index in [0.717, 1.165) is 31.1 Å². The average molecular weight is 167 g/mol. The van der Waals surface area contributed by atoms with E-state index >= 15 is 0 Å². The van der Waals surface area contributed by atoms with E-state index in [1.807, 2.05) is 0 Å². The summed E-state index contributed by atoms with van der Waals surface area (Å²) < 4.78 is 5.23. The summed E-state index contributed by atoms with van der Waals surface area (Å²) in [7, 11) is 0. The molecule has 68 valence electrons. The number of rotatable bonds is 1. The summed E-state index contributed by atoms with van der Waals surface area (Å²) in [6.45, 7) is 4.75. The Kier molecular flexibility index (Phi) is 1.66. The summed E-state index contributed by atoms with van der Waals surface area (Å²) in [5, 5.41) is 0. The molecule has 3 aliphatic rings. The molecule has 3 rings (SSSR count). The molecule has 2 saturated heterocycles. The molecule has 12 heavy (non-hydrogen) atoms. The zero-order valence-corrected chi connectivity index (χ0v) is 7.54. The van der Waals surface area contributed by atoms with Gasteiger partial charge in [-0.05, 0) is 24.7 Å². The fraction of sp³-hybridized carbons (Fsp3) is 1.00. The Bertz CT molecular complexity index is 167. The number of likely N-dealkylation sites (tertiary alicyclic amines) is 1. The topological polar surface area (TPSA) is 12.5 Å². The Morgan fingerprint density at radius 3 is 2.17 bits per heavy atom. The van der Waals surface area contributed by atoms with Crippen LogP contribution in [0.25, 0.3) is 0 Å². The van der Waals surface area contributed by atoms with Gasteiger partial charge in [0.25, 0.3) is 0 Å². The minimum atomic E-state index is 0.788. The number of fused-ring (bicyclic) bond motifs is 1. The molecule has 0 amide bonds. The molecule has 3 fully saturated rings. The third kappa shape index (κ3) is 1.01. The van der Waals surface area contributed by atoms with Gasteiger partial charge in [0, 0.05) is 13.1 Å². The largest absolute Gasteiger partial charge is 0.378 e. The Hall–Kier alpha value is -0.0800. The third-order valence-electron chi connectivity index (χ3n) is 3.89. The van der Waals surface area contributed by atoms with Crippen LogP contribution in [0.3, 0.4) is 0 Å². The van der Waals surface area contributed by atoms with Gasteiger partial charge in [-0.2, -0.15) is 0 Å². The van der Waals surface area contributed by atoms with E-state index in [1.165, 1.54) is 32.4 Å². The highest BCUT2D eigenvalue weighted by Gasteiger charge is 2.40. The molecule has 0 radical (unpaired) electrons. The summed E-state index contributed by atoms with van der Waals surface area (Å²) in [6.07, 6.45) is 4.48. The second kappa shape index (κ2) is 2.71. The third-order valence-corrected chi connectivity index (χ3v) is 3.89. The minimum Gasteiger partial charge on any atom is -0.378 e. The lowest BCUT2D eigenvalue weighted by molar-refractivity contribution is -0.0593. The number of ether oxygens (including phenoxy) is 1. The van der Waals surface area contributed by atoms with Gasteiger partial charge in [0.1, 0.15) is 0 Å². The maximum Gasteiger partial charge on any atom is 0.0645 e. The van der Waals surface area contributed by atoms with Crippen LogP contribution in [0, 0.1) is 11.8 Å². The van der Waals surface area contributed by atoms with E-state index in [-0.39, 0.29) is 0 Å². The van der Waals surface area contributed by atoms with E-state index in [2.05, 4.69) is 4.90 Å². The summed E-state index contributed by atoms with van der Waals surface area (Å²) in [5.41, 5.74) is 0. The highest BCUT2D eigenvalue weighted by molar-refractivity contribution is 4.92. The van der Waals surface area contributed by atoms with Gasteiger partial charge in [-0.3, -0.25) is 4.90 Å². The summed E-state index contributed by atoms with van der Waals surface area (Å²) in [6, 6.07) is 0.788. The molecule has 0 bridgehead atoms. The quantitative estimate of drug-likeness (QED) is 0.580. The van der Waals surface area contributed by atoms with Crippen LogP contribution < -0.4 is 0 Å². The zero-order valence-electron chi connectivity index (χ0n) is 7.54. The average Bonchev–Trinajstić information content (AvgIpc) is 2.40. The van der Waals surface area contributed by atoms with Crippen molar-refractivity contribution in [2.24, 2.45) is 11.8 Å². The van der Waals surface area contributed by atoms with Crippen LogP contribution in [0.2, 0.25) is 0 Å². The Balaban J connectivity index is 1.63. The fourth-order valence-corrected chi connectivity index (χ4v) is 3.00. The van der Waals surface area contributed by atoms with Crippen LogP contribution in [-0.2, 0) is 4.74 Å². The van der Waals surface area contributed by atoms with Gasteiger partial charge in [0.15, 0.2) is 0 Å². The van der Waals surface area contributed by atoms with Crippen LogP contribution >= 0.6 is 0 Å². The molecule has 2 nitrogen and oxygen atoms in total. The van der Waals surface area contributed by atoms with E-state index in [4.69, 9.17) is 4.74 Å². The Labute approximate surface area is 73.9 Å². The summed E-state index contributed by atoms with van der Waals surface area (Å²) in [5.74, 6) is 2.09. The van der Waals surface area contributed by atoms with Crippen LogP contribution in [-0.4, -0.2) is 37.2 Å². The molecule has 1 aliphatic carbocycles. The van der Waals surface area contributed by atoms with Crippen LogP contribution in [0.1, 0.15) is 19.3 Å². The van der Waals surface area contributed by atoms with Gasteiger partial charge in [-0.15, -0.1) is 0 Å². The van der Waals surface area contributed by atoms with Crippen molar-refractivity contribution in [1.82, 2.24) is 4.90 Å². The lowest BCUT2D eigenvalue weighted by Crippen LogP contribution is -2.48. The molecular formula is C10H17NO. The van der Waals surface area contributed by atoms with Gasteiger partial charge < -0.3 is 4.74 Å². The van der Waals surface area contributed by atoms with Gasteiger partial charge in [-0.1, -0.05) is 6.42 Å². The number of hydrogen-bond donors (Lipinski definition) is 0. The monoisotopic (exact) mass is 167 g/mol. The molecule has 1 saturated carbocycles. The molecule has 0 aromatic rings. The van der Waals surface area contributed by atoms with Crippen molar-refractivity contribution in [3.05, 3.63) is 0 Å². The van der Waals surface area contributed by atoms with Gasteiger partial charge >= 0.3 is 0 Å². The predicted molar refractivity (Wildman–Crippen MR) is 47.0 cm³/mol. The van der Waals surface area contributed by atoms with Crippen LogP contribution in [0.4, 0.5) is 0 Å². The van der Waals surface area contributed by atoms with Crippen molar-refractivity contribution in [1.29, 1.82) is 0 Å². The predicted octanol–water partition coefficient (Wildman–Crippen LogP) is 1.12. The zero-order chi connectivity index (χ0) is 7.97. The molecule has 2 heterocycles.